The summed E-state index contributed by atoms with van der Waals surface area (Å²) in [5.41, 5.74) is 7.60. The SMILES string of the molecule is CC(=O)O[C@@H](CNCCCCCCOCCOCc1c(Cl)cccc1Cl)c1cc(Cl)c(N)c(Cl)c1. The van der Waals surface area contributed by atoms with Crippen LogP contribution >= 0.6 is 46.4 Å². The first-order valence-corrected chi connectivity index (χ1v) is 13.0. The molecule has 0 unspecified atom stereocenters. The summed E-state index contributed by atoms with van der Waals surface area (Å²) in [5, 5.41) is 5.21. The minimum atomic E-state index is -0.493. The molecule has 0 spiro atoms. The van der Waals surface area contributed by atoms with E-state index in [2.05, 4.69) is 5.32 Å². The molecule has 0 bridgehead atoms. The lowest BCUT2D eigenvalue weighted by Crippen LogP contribution is -2.25. The zero-order valence-electron chi connectivity index (χ0n) is 19.8. The molecule has 0 fully saturated rings. The van der Waals surface area contributed by atoms with Gasteiger partial charge in [0.1, 0.15) is 6.10 Å². The van der Waals surface area contributed by atoms with E-state index in [0.29, 0.717) is 64.3 Å². The Balaban J connectivity index is 1.52. The Bertz CT molecular complexity index is 902. The molecular formula is C25H32Cl4N2O4. The first-order valence-electron chi connectivity index (χ1n) is 11.5. The number of nitrogen functional groups attached to an aromatic ring is 1. The van der Waals surface area contributed by atoms with Crippen LogP contribution in [0.25, 0.3) is 0 Å². The molecule has 0 aliphatic heterocycles. The number of benzene rings is 2. The third-order valence-corrected chi connectivity index (χ3v) is 6.52. The second kappa shape index (κ2) is 16.5. The second-order valence-electron chi connectivity index (χ2n) is 7.98. The summed E-state index contributed by atoms with van der Waals surface area (Å²) >= 11 is 24.5. The van der Waals surface area contributed by atoms with E-state index in [1.807, 2.05) is 0 Å². The van der Waals surface area contributed by atoms with Gasteiger partial charge < -0.3 is 25.3 Å². The highest BCUT2D eigenvalue weighted by molar-refractivity contribution is 6.39. The monoisotopic (exact) mass is 564 g/mol. The van der Waals surface area contributed by atoms with Crippen LogP contribution in [0, 0.1) is 0 Å². The van der Waals surface area contributed by atoms with Gasteiger partial charge in [-0.25, -0.2) is 0 Å². The molecular weight excluding hydrogens is 534 g/mol. The van der Waals surface area contributed by atoms with Crippen LogP contribution in [0.1, 0.15) is 49.8 Å². The zero-order valence-corrected chi connectivity index (χ0v) is 22.8. The summed E-state index contributed by atoms with van der Waals surface area (Å²) in [4.78, 5) is 11.5. The molecule has 1 atom stereocenters. The first kappa shape index (κ1) is 30.0. The van der Waals surface area contributed by atoms with Gasteiger partial charge in [0.2, 0.25) is 0 Å². The van der Waals surface area contributed by atoms with Crippen LogP contribution < -0.4 is 11.1 Å². The van der Waals surface area contributed by atoms with Crippen molar-refractivity contribution in [1.29, 1.82) is 0 Å². The fourth-order valence-electron chi connectivity index (χ4n) is 3.32. The van der Waals surface area contributed by atoms with E-state index in [0.717, 1.165) is 37.8 Å². The molecule has 0 heterocycles. The van der Waals surface area contributed by atoms with E-state index in [1.54, 1.807) is 30.3 Å². The highest BCUT2D eigenvalue weighted by atomic mass is 35.5. The van der Waals surface area contributed by atoms with Crippen molar-refractivity contribution in [2.24, 2.45) is 0 Å². The first-order chi connectivity index (χ1) is 16.8. The van der Waals surface area contributed by atoms with Crippen molar-refractivity contribution in [2.75, 3.05) is 38.6 Å². The van der Waals surface area contributed by atoms with Crippen LogP contribution in [-0.2, 0) is 25.6 Å². The number of nitrogens with two attached hydrogens (primary N) is 1. The summed E-state index contributed by atoms with van der Waals surface area (Å²) in [7, 11) is 0. The number of unbranched alkanes of at least 4 members (excludes halogenated alkanes) is 3. The van der Waals surface area contributed by atoms with Gasteiger partial charge in [0.15, 0.2) is 0 Å². The molecule has 2 aromatic rings. The predicted octanol–water partition coefficient (Wildman–Crippen LogP) is 6.87. The maximum atomic E-state index is 11.5. The van der Waals surface area contributed by atoms with Gasteiger partial charge in [-0.05, 0) is 49.2 Å². The average Bonchev–Trinajstić information content (AvgIpc) is 2.80. The van der Waals surface area contributed by atoms with Crippen molar-refractivity contribution in [3.63, 3.8) is 0 Å². The molecule has 10 heteroatoms. The van der Waals surface area contributed by atoms with Gasteiger partial charge in [0.05, 0.1) is 35.6 Å². The molecule has 0 saturated carbocycles. The standard InChI is InChI=1S/C25H32Cl4N2O4/c1-17(32)35-24(18-13-22(28)25(30)23(29)14-18)15-31-9-4-2-3-5-10-33-11-12-34-16-19-20(26)7-6-8-21(19)27/h6-8,13-14,24,31H,2-5,9-12,15-16,30H2,1H3/t24-/m0/s1. The molecule has 194 valence electrons. The van der Waals surface area contributed by atoms with E-state index in [-0.39, 0.29) is 5.97 Å². The summed E-state index contributed by atoms with van der Waals surface area (Å²) in [6, 6.07) is 8.75. The summed E-state index contributed by atoms with van der Waals surface area (Å²) in [6.07, 6.45) is 3.61. The highest BCUT2D eigenvalue weighted by Crippen LogP contribution is 2.32. The fourth-order valence-corrected chi connectivity index (χ4v) is 4.33. The third kappa shape index (κ3) is 11.1. The van der Waals surface area contributed by atoms with Gasteiger partial charge in [-0.2, -0.15) is 0 Å². The molecule has 6 nitrogen and oxygen atoms in total. The van der Waals surface area contributed by atoms with E-state index in [1.165, 1.54) is 6.92 Å². The van der Waals surface area contributed by atoms with Crippen LogP contribution in [0.15, 0.2) is 30.3 Å². The Morgan fingerprint density at radius 3 is 2.20 bits per heavy atom. The molecule has 2 aromatic carbocycles. The lowest BCUT2D eigenvalue weighted by atomic mass is 10.1. The summed E-state index contributed by atoms with van der Waals surface area (Å²) in [5.74, 6) is -0.376. The van der Waals surface area contributed by atoms with Crippen molar-refractivity contribution in [3.8, 4) is 0 Å². The number of carbonyl (C=O) groups is 1. The predicted molar refractivity (Wildman–Crippen MR) is 144 cm³/mol. The van der Waals surface area contributed by atoms with Crippen LogP contribution in [0.4, 0.5) is 5.69 Å². The summed E-state index contributed by atoms with van der Waals surface area (Å²) in [6.45, 7) is 4.70. The largest absolute Gasteiger partial charge is 0.456 e. The minimum Gasteiger partial charge on any atom is -0.456 e. The number of anilines is 1. The Morgan fingerprint density at radius 2 is 1.54 bits per heavy atom. The van der Waals surface area contributed by atoms with Crippen molar-refractivity contribution >= 4 is 58.1 Å². The smallest absolute Gasteiger partial charge is 0.303 e. The van der Waals surface area contributed by atoms with Gasteiger partial charge in [0, 0.05) is 35.7 Å². The lowest BCUT2D eigenvalue weighted by molar-refractivity contribution is -0.146. The number of ether oxygens (including phenoxy) is 3. The van der Waals surface area contributed by atoms with Gasteiger partial charge in [0.25, 0.3) is 0 Å². The van der Waals surface area contributed by atoms with Gasteiger partial charge in [-0.15, -0.1) is 0 Å². The molecule has 0 amide bonds. The van der Waals surface area contributed by atoms with E-state index < -0.39 is 6.10 Å². The average molecular weight is 566 g/mol. The van der Waals surface area contributed by atoms with Crippen LogP contribution in [0.3, 0.4) is 0 Å². The molecule has 0 aliphatic carbocycles. The number of hydrogen-bond acceptors (Lipinski definition) is 6. The summed E-state index contributed by atoms with van der Waals surface area (Å²) < 4.78 is 16.6. The number of rotatable bonds is 16. The van der Waals surface area contributed by atoms with Crippen LogP contribution in [-0.4, -0.2) is 38.9 Å². The quantitative estimate of drug-likeness (QED) is 0.131. The highest BCUT2D eigenvalue weighted by Gasteiger charge is 2.17. The van der Waals surface area contributed by atoms with Crippen molar-refractivity contribution in [1.82, 2.24) is 5.32 Å². The van der Waals surface area contributed by atoms with Gasteiger partial charge in [-0.1, -0.05) is 65.3 Å². The van der Waals surface area contributed by atoms with E-state index in [9.17, 15) is 4.79 Å². The molecule has 3 N–H and O–H groups in total. The zero-order chi connectivity index (χ0) is 25.6. The molecule has 0 aliphatic rings. The van der Waals surface area contributed by atoms with E-state index >= 15 is 0 Å². The van der Waals surface area contributed by atoms with Crippen LogP contribution in [0.5, 0.6) is 0 Å². The third-order valence-electron chi connectivity index (χ3n) is 5.18. The van der Waals surface area contributed by atoms with Gasteiger partial charge in [-0.3, -0.25) is 4.79 Å². The second-order valence-corrected chi connectivity index (χ2v) is 9.61. The Morgan fingerprint density at radius 1 is 0.914 bits per heavy atom. The van der Waals surface area contributed by atoms with Crippen molar-refractivity contribution in [2.45, 2.75) is 45.3 Å². The molecule has 0 saturated heterocycles. The Hall–Kier alpha value is -1.25. The van der Waals surface area contributed by atoms with Crippen LogP contribution in [0.2, 0.25) is 20.1 Å². The molecule has 0 radical (unpaired) electrons. The normalized spacial score (nSPS) is 12.0. The number of halogens is 4. The minimum absolute atomic E-state index is 0.310. The number of nitrogens with one attached hydrogen (secondary N) is 1. The van der Waals surface area contributed by atoms with Crippen molar-refractivity contribution < 1.29 is 19.0 Å². The molecule has 35 heavy (non-hydrogen) atoms. The Kier molecular flexibility index (Phi) is 14.1. The maximum absolute atomic E-state index is 11.5. The maximum Gasteiger partial charge on any atom is 0.303 e. The Labute approximate surface area is 227 Å². The number of esters is 1. The molecule has 0 aromatic heterocycles. The fraction of sp³-hybridized carbons (Fsp3) is 0.480. The molecule has 2 rings (SSSR count). The van der Waals surface area contributed by atoms with E-state index in [4.69, 9.17) is 66.3 Å². The van der Waals surface area contributed by atoms with Crippen molar-refractivity contribution in [3.05, 3.63) is 61.5 Å². The van der Waals surface area contributed by atoms with Gasteiger partial charge >= 0.3 is 5.97 Å². The topological polar surface area (TPSA) is 82.8 Å². The number of hydrogen-bond donors (Lipinski definition) is 2. The number of carbonyl (C=O) groups excluding carboxylic acids is 1. The lowest BCUT2D eigenvalue weighted by Gasteiger charge is -2.19.